The first-order valence-corrected chi connectivity index (χ1v) is 8.47. The highest BCUT2D eigenvalue weighted by Crippen LogP contribution is 2.30. The van der Waals surface area contributed by atoms with E-state index in [-0.39, 0.29) is 0 Å². The monoisotopic (exact) mass is 301 g/mol. The van der Waals surface area contributed by atoms with E-state index in [2.05, 4.69) is 30.3 Å². The maximum atomic E-state index is 6.02. The second kappa shape index (κ2) is 8.63. The summed E-state index contributed by atoms with van der Waals surface area (Å²) in [6.07, 6.45) is 3.55. The van der Waals surface area contributed by atoms with Crippen LogP contribution in [0.25, 0.3) is 0 Å². The molecule has 0 saturated carbocycles. The Morgan fingerprint density at radius 1 is 1.05 bits per heavy atom. The maximum absolute atomic E-state index is 6.02. The van der Waals surface area contributed by atoms with Crippen molar-refractivity contribution >= 4 is 17.4 Å². The molecule has 0 unspecified atom stereocenters. The Balaban J connectivity index is 1.74. The van der Waals surface area contributed by atoms with Crippen molar-refractivity contribution in [3.05, 3.63) is 54.1 Å². The van der Waals surface area contributed by atoms with Crippen molar-refractivity contribution in [3.8, 4) is 5.75 Å². The molecule has 21 heavy (non-hydrogen) atoms. The molecule has 2 nitrogen and oxygen atoms in total. The molecule has 0 aliphatic carbocycles. The number of unbranched alkanes of at least 4 members (excludes halogenated alkanes) is 1. The van der Waals surface area contributed by atoms with Gasteiger partial charge in [0.2, 0.25) is 0 Å². The van der Waals surface area contributed by atoms with E-state index in [9.17, 15) is 0 Å². The molecule has 2 N–H and O–H groups in total. The summed E-state index contributed by atoms with van der Waals surface area (Å²) >= 11 is 1.82. The van der Waals surface area contributed by atoms with Crippen LogP contribution in [0, 0.1) is 0 Å². The molecule has 112 valence electrons. The smallest absolute Gasteiger partial charge is 0.120 e. The molecule has 2 rings (SSSR count). The summed E-state index contributed by atoms with van der Waals surface area (Å²) in [5.41, 5.74) is 8.27. The van der Waals surface area contributed by atoms with E-state index in [1.165, 1.54) is 18.4 Å². The average molecular weight is 301 g/mol. The van der Waals surface area contributed by atoms with Gasteiger partial charge in [0.15, 0.2) is 0 Å². The van der Waals surface area contributed by atoms with Crippen LogP contribution in [0.3, 0.4) is 0 Å². The molecular weight excluding hydrogens is 278 g/mol. The first kappa shape index (κ1) is 15.8. The van der Waals surface area contributed by atoms with E-state index in [1.807, 2.05) is 36.9 Å². The molecule has 0 aliphatic rings. The number of anilines is 1. The molecule has 0 radical (unpaired) electrons. The van der Waals surface area contributed by atoms with E-state index in [0.29, 0.717) is 6.61 Å². The number of nitrogen functional groups attached to an aromatic ring is 1. The number of aryl methyl sites for hydroxylation is 1. The molecule has 0 heterocycles. The highest BCUT2D eigenvalue weighted by atomic mass is 32.2. The van der Waals surface area contributed by atoms with Gasteiger partial charge in [-0.1, -0.05) is 30.3 Å². The second-order valence-electron chi connectivity index (χ2n) is 4.92. The van der Waals surface area contributed by atoms with Crippen molar-refractivity contribution in [3.63, 3.8) is 0 Å². The number of benzene rings is 2. The normalized spacial score (nSPS) is 10.5. The van der Waals surface area contributed by atoms with Crippen molar-refractivity contribution in [2.24, 2.45) is 0 Å². The summed E-state index contributed by atoms with van der Waals surface area (Å²) < 4.78 is 5.52. The molecule has 2 aromatic rings. The minimum atomic E-state index is 0.686. The van der Waals surface area contributed by atoms with Gasteiger partial charge in [0.1, 0.15) is 5.75 Å². The molecule has 0 atom stereocenters. The van der Waals surface area contributed by atoms with E-state index >= 15 is 0 Å². The number of hydrogen-bond donors (Lipinski definition) is 1. The van der Waals surface area contributed by atoms with Gasteiger partial charge in [-0.15, -0.1) is 11.8 Å². The largest absolute Gasteiger partial charge is 0.494 e. The van der Waals surface area contributed by atoms with Gasteiger partial charge in [0, 0.05) is 10.6 Å². The van der Waals surface area contributed by atoms with E-state index < -0.39 is 0 Å². The van der Waals surface area contributed by atoms with Crippen LogP contribution in [-0.4, -0.2) is 12.4 Å². The Kier molecular flexibility index (Phi) is 6.48. The Labute approximate surface area is 131 Å². The summed E-state index contributed by atoms with van der Waals surface area (Å²) in [6, 6.07) is 16.5. The predicted octanol–water partition coefficient (Wildman–Crippen LogP) is 4.78. The molecular formula is C18H23NOS. The fourth-order valence-corrected chi connectivity index (χ4v) is 3.16. The lowest BCUT2D eigenvalue weighted by Gasteiger charge is -2.09. The van der Waals surface area contributed by atoms with Gasteiger partial charge in [0.05, 0.1) is 6.61 Å². The molecule has 0 fully saturated rings. The van der Waals surface area contributed by atoms with Crippen molar-refractivity contribution in [2.45, 2.75) is 31.1 Å². The lowest BCUT2D eigenvalue weighted by molar-refractivity contribution is 0.339. The topological polar surface area (TPSA) is 35.2 Å². The Hall–Kier alpha value is -1.61. The van der Waals surface area contributed by atoms with Crippen LogP contribution >= 0.6 is 11.8 Å². The van der Waals surface area contributed by atoms with Crippen LogP contribution in [0.5, 0.6) is 5.75 Å². The average Bonchev–Trinajstić information content (AvgIpc) is 2.51. The first-order chi connectivity index (χ1) is 10.3. The van der Waals surface area contributed by atoms with Crippen LogP contribution < -0.4 is 10.5 Å². The minimum Gasteiger partial charge on any atom is -0.494 e. The van der Waals surface area contributed by atoms with Crippen LogP contribution in [0.15, 0.2) is 53.4 Å². The van der Waals surface area contributed by atoms with Crippen LogP contribution in [-0.2, 0) is 6.42 Å². The summed E-state index contributed by atoms with van der Waals surface area (Å²) in [5.74, 6) is 1.99. The van der Waals surface area contributed by atoms with E-state index in [4.69, 9.17) is 10.5 Å². The van der Waals surface area contributed by atoms with Gasteiger partial charge in [0.25, 0.3) is 0 Å². The molecule has 0 spiro atoms. The zero-order valence-corrected chi connectivity index (χ0v) is 13.4. The lowest BCUT2D eigenvalue weighted by atomic mass is 10.1. The number of hydrogen-bond acceptors (Lipinski definition) is 3. The van der Waals surface area contributed by atoms with Gasteiger partial charge in [-0.25, -0.2) is 0 Å². The second-order valence-corrected chi connectivity index (χ2v) is 6.06. The fourth-order valence-electron chi connectivity index (χ4n) is 2.15. The van der Waals surface area contributed by atoms with Crippen molar-refractivity contribution < 1.29 is 4.74 Å². The number of ether oxygens (including phenoxy) is 1. The quantitative estimate of drug-likeness (QED) is 0.433. The Morgan fingerprint density at radius 3 is 2.62 bits per heavy atom. The van der Waals surface area contributed by atoms with Gasteiger partial charge in [-0.2, -0.15) is 0 Å². The molecule has 2 aromatic carbocycles. The SMILES string of the molecule is CCOc1ccc(N)c(SCCCCc2ccccc2)c1. The number of nitrogens with two attached hydrogens (primary N) is 1. The van der Waals surface area contributed by atoms with E-state index in [0.717, 1.165) is 28.5 Å². The van der Waals surface area contributed by atoms with Crippen molar-refractivity contribution in [1.82, 2.24) is 0 Å². The summed E-state index contributed by atoms with van der Waals surface area (Å²) in [6.45, 7) is 2.68. The van der Waals surface area contributed by atoms with Crippen LogP contribution in [0.2, 0.25) is 0 Å². The lowest BCUT2D eigenvalue weighted by Crippen LogP contribution is -1.95. The third-order valence-corrected chi connectivity index (χ3v) is 4.41. The van der Waals surface area contributed by atoms with Gasteiger partial charge < -0.3 is 10.5 Å². The summed E-state index contributed by atoms with van der Waals surface area (Å²) in [7, 11) is 0. The number of thioether (sulfide) groups is 1. The Morgan fingerprint density at radius 2 is 1.86 bits per heavy atom. The van der Waals surface area contributed by atoms with Crippen LogP contribution in [0.4, 0.5) is 5.69 Å². The van der Waals surface area contributed by atoms with Crippen LogP contribution in [0.1, 0.15) is 25.3 Å². The van der Waals surface area contributed by atoms with Gasteiger partial charge in [-0.05, 0) is 55.7 Å². The zero-order valence-electron chi connectivity index (χ0n) is 12.5. The van der Waals surface area contributed by atoms with Crippen molar-refractivity contribution in [1.29, 1.82) is 0 Å². The van der Waals surface area contributed by atoms with Gasteiger partial charge in [-0.3, -0.25) is 0 Å². The molecule has 0 saturated heterocycles. The zero-order chi connectivity index (χ0) is 14.9. The van der Waals surface area contributed by atoms with E-state index in [1.54, 1.807) is 0 Å². The standard InChI is InChI=1S/C18H23NOS/c1-2-20-16-11-12-17(19)18(14-16)21-13-7-6-10-15-8-4-3-5-9-15/h3-5,8-9,11-12,14H,2,6-7,10,13,19H2,1H3. The minimum absolute atomic E-state index is 0.686. The fraction of sp³-hybridized carbons (Fsp3) is 0.333. The highest BCUT2D eigenvalue weighted by molar-refractivity contribution is 7.99. The summed E-state index contributed by atoms with van der Waals surface area (Å²) in [5, 5.41) is 0. The van der Waals surface area contributed by atoms with Gasteiger partial charge >= 0.3 is 0 Å². The first-order valence-electron chi connectivity index (χ1n) is 7.48. The predicted molar refractivity (Wildman–Crippen MR) is 92.1 cm³/mol. The third-order valence-electron chi connectivity index (χ3n) is 3.26. The number of rotatable bonds is 8. The highest BCUT2D eigenvalue weighted by Gasteiger charge is 2.03. The molecule has 0 aliphatic heterocycles. The Bertz CT molecular complexity index is 542. The molecule has 3 heteroatoms. The maximum Gasteiger partial charge on any atom is 0.120 e. The molecule has 0 aromatic heterocycles. The summed E-state index contributed by atoms with van der Waals surface area (Å²) in [4.78, 5) is 1.13. The molecule has 0 amide bonds. The van der Waals surface area contributed by atoms with Crippen molar-refractivity contribution in [2.75, 3.05) is 18.1 Å². The molecule has 0 bridgehead atoms. The third kappa shape index (κ3) is 5.35.